The molecule has 0 atom stereocenters. The quantitative estimate of drug-likeness (QED) is 0.425. The molecule has 0 amide bonds. The Morgan fingerprint density at radius 2 is 1.20 bits per heavy atom. The van der Waals surface area contributed by atoms with Gasteiger partial charge in [0.2, 0.25) is 0 Å². The third kappa shape index (κ3) is 11.0. The van der Waals surface area contributed by atoms with Gasteiger partial charge < -0.3 is 0 Å². The van der Waals surface area contributed by atoms with E-state index in [9.17, 15) is 0 Å². The van der Waals surface area contributed by atoms with Crippen molar-refractivity contribution in [3.8, 4) is 0 Å². The van der Waals surface area contributed by atoms with E-state index in [0.717, 1.165) is 0 Å². The molecule has 0 unspecified atom stereocenters. The van der Waals surface area contributed by atoms with Crippen LogP contribution in [0.3, 0.4) is 0 Å². The van der Waals surface area contributed by atoms with Gasteiger partial charge in [-0.25, -0.2) is 0 Å². The molecule has 0 N–H and O–H groups in total. The van der Waals surface area contributed by atoms with Crippen LogP contribution in [0.5, 0.6) is 0 Å². The average Bonchev–Trinajstić information content (AvgIpc) is 1.37. The van der Waals surface area contributed by atoms with Crippen molar-refractivity contribution < 1.29 is 0 Å². The normalized spacial score (nSPS) is 6.00. The first-order chi connectivity index (χ1) is 1.91. The van der Waals surface area contributed by atoms with E-state index < -0.39 is 0 Å². The fourth-order valence-corrected chi connectivity index (χ4v) is 0. The van der Waals surface area contributed by atoms with Gasteiger partial charge in [0.1, 0.15) is 0 Å². The van der Waals surface area contributed by atoms with Crippen LogP contribution in [0.25, 0.3) is 0 Å². The maximum atomic E-state index is 2.06. The molecule has 0 bridgehead atoms. The molecule has 0 saturated carbocycles. The monoisotopic (exact) mass is 176 g/mol. The zero-order valence-corrected chi connectivity index (χ0v) is 7.05. The van der Waals surface area contributed by atoms with Gasteiger partial charge >= 0.3 is 17.1 Å². The molecule has 0 saturated heterocycles. The summed E-state index contributed by atoms with van der Waals surface area (Å²) < 4.78 is 0. The van der Waals surface area contributed by atoms with E-state index in [0.29, 0.717) is 0 Å². The van der Waals surface area contributed by atoms with E-state index in [1.807, 2.05) is 0 Å². The van der Waals surface area contributed by atoms with Crippen LogP contribution in [-0.4, -0.2) is 29.6 Å². The van der Waals surface area contributed by atoms with Gasteiger partial charge in [-0.3, -0.25) is 0 Å². The topological polar surface area (TPSA) is 0 Å². The minimum atomic E-state index is 0. The van der Waals surface area contributed by atoms with Crippen LogP contribution >= 0.6 is 21.6 Å². The second-order valence-corrected chi connectivity index (χ2v) is 3.00. The molecule has 0 rings (SSSR count). The van der Waals surface area contributed by atoms with Crippen LogP contribution in [-0.2, 0) is 0 Å². The second-order valence-electron chi connectivity index (χ2n) is 0.333. The Labute approximate surface area is 51.3 Å². The van der Waals surface area contributed by atoms with Crippen molar-refractivity contribution in [1.29, 1.82) is 0 Å². The summed E-state index contributed by atoms with van der Waals surface area (Å²) in [7, 11) is 3.55. The fraction of sp³-hybridized carbons (Fsp3) is 1.00. The Hall–Kier alpha value is 1.22. The minimum absolute atomic E-state index is 0. The summed E-state index contributed by atoms with van der Waals surface area (Å²) in [6.07, 6.45) is 4.12. The summed E-state index contributed by atoms with van der Waals surface area (Å²) in [6, 6.07) is 0. The molecular weight excluding hydrogens is 167 g/mol. The molecule has 0 heterocycles. The summed E-state index contributed by atoms with van der Waals surface area (Å²) in [5.74, 6) is 0. The number of hydrogen-bond acceptors (Lipinski definition) is 2. The Balaban J connectivity index is 0. The van der Waals surface area contributed by atoms with Gasteiger partial charge in [0.15, 0.2) is 0 Å². The van der Waals surface area contributed by atoms with Gasteiger partial charge in [-0.05, 0) is 12.5 Å². The van der Waals surface area contributed by atoms with E-state index in [2.05, 4.69) is 12.5 Å². The molecule has 0 aliphatic heterocycles. The van der Waals surface area contributed by atoms with Gasteiger partial charge in [-0.2, -0.15) is 0 Å². The average molecular weight is 175 g/mol. The molecule has 0 aromatic rings. The van der Waals surface area contributed by atoms with Crippen LogP contribution in [0.2, 0.25) is 0 Å². The van der Waals surface area contributed by atoms with Crippen molar-refractivity contribution in [2.75, 3.05) is 12.5 Å². The van der Waals surface area contributed by atoms with Crippen molar-refractivity contribution in [2.24, 2.45) is 0 Å². The Bertz CT molecular complexity index is 9.61. The van der Waals surface area contributed by atoms with Crippen LogP contribution < -0.4 is 0 Å². The zero-order chi connectivity index (χ0) is 3.41. The first-order valence-corrected chi connectivity index (χ1v) is 3.95. The molecule has 0 aliphatic carbocycles. The molecule has 5 heavy (non-hydrogen) atoms. The van der Waals surface area contributed by atoms with E-state index in [1.165, 1.54) is 0 Å². The second kappa shape index (κ2) is 8.97. The number of hydrogen-bond donors (Lipinski definition) is 0. The summed E-state index contributed by atoms with van der Waals surface area (Å²) >= 11 is 0. The maximum absolute atomic E-state index is 2.06. The Morgan fingerprint density at radius 1 is 1.00 bits per heavy atom. The fourth-order valence-electron chi connectivity index (χ4n) is 0. The van der Waals surface area contributed by atoms with E-state index >= 15 is 0 Å². The van der Waals surface area contributed by atoms with Crippen molar-refractivity contribution in [2.45, 2.75) is 0 Å². The molecule has 0 aliphatic rings. The van der Waals surface area contributed by atoms with Crippen LogP contribution in [0.15, 0.2) is 0 Å². The van der Waals surface area contributed by atoms with Crippen molar-refractivity contribution in [3.63, 3.8) is 0 Å². The SMILES string of the molecule is CSSC.[SeH2]. The Kier molecular flexibility index (Phi) is 17.1. The van der Waals surface area contributed by atoms with E-state index in [4.69, 9.17) is 0 Å². The molecule has 0 aromatic heterocycles. The Morgan fingerprint density at radius 3 is 1.20 bits per heavy atom. The van der Waals surface area contributed by atoms with Crippen molar-refractivity contribution in [1.82, 2.24) is 0 Å². The van der Waals surface area contributed by atoms with Gasteiger partial charge in [-0.15, -0.1) is 0 Å². The predicted octanol–water partition coefficient (Wildman–Crippen LogP) is 0.711. The predicted molar refractivity (Wildman–Crippen MR) is 35.6 cm³/mol. The van der Waals surface area contributed by atoms with Crippen molar-refractivity contribution >= 4 is 38.7 Å². The van der Waals surface area contributed by atoms with E-state index in [-0.39, 0.29) is 17.1 Å². The molecular formula is C2H8S2Se. The van der Waals surface area contributed by atoms with Gasteiger partial charge in [0, 0.05) is 0 Å². The summed E-state index contributed by atoms with van der Waals surface area (Å²) in [5.41, 5.74) is 0. The van der Waals surface area contributed by atoms with Crippen LogP contribution in [0, 0.1) is 0 Å². The molecule has 0 radical (unpaired) electrons. The molecule has 0 aromatic carbocycles. The van der Waals surface area contributed by atoms with Crippen LogP contribution in [0.4, 0.5) is 0 Å². The standard InChI is InChI=1S/C2H6S2.H2Se/c1-3-4-2;/h1-2H3;1H2. The number of rotatable bonds is 1. The summed E-state index contributed by atoms with van der Waals surface area (Å²) in [4.78, 5) is 0. The van der Waals surface area contributed by atoms with Gasteiger partial charge in [0.05, 0.1) is 0 Å². The third-order valence-electron chi connectivity index (χ3n) is 0.167. The first kappa shape index (κ1) is 9.52. The third-order valence-corrected chi connectivity index (χ3v) is 1.50. The van der Waals surface area contributed by atoms with Crippen molar-refractivity contribution in [3.05, 3.63) is 0 Å². The first-order valence-electron chi connectivity index (χ1n) is 0.983. The van der Waals surface area contributed by atoms with Gasteiger partial charge in [0.25, 0.3) is 0 Å². The zero-order valence-electron chi connectivity index (χ0n) is 3.32. The van der Waals surface area contributed by atoms with E-state index in [1.54, 1.807) is 21.6 Å². The van der Waals surface area contributed by atoms with Crippen LogP contribution in [0.1, 0.15) is 0 Å². The molecule has 0 fully saturated rings. The van der Waals surface area contributed by atoms with Gasteiger partial charge in [-0.1, -0.05) is 21.6 Å². The molecule has 0 nitrogen and oxygen atoms in total. The molecule has 3 heteroatoms. The summed E-state index contributed by atoms with van der Waals surface area (Å²) in [6.45, 7) is 0. The molecule has 0 spiro atoms. The summed E-state index contributed by atoms with van der Waals surface area (Å²) in [5, 5.41) is 0. The molecule has 34 valence electrons.